The van der Waals surface area contributed by atoms with E-state index in [2.05, 4.69) is 35.0 Å². The van der Waals surface area contributed by atoms with E-state index in [-0.39, 0.29) is 11.9 Å². The van der Waals surface area contributed by atoms with Gasteiger partial charge in [-0.2, -0.15) is 0 Å². The number of nitrogens with one attached hydrogen (secondary N) is 1. The Morgan fingerprint density at radius 1 is 1.00 bits per heavy atom. The fourth-order valence-electron chi connectivity index (χ4n) is 2.92. The summed E-state index contributed by atoms with van der Waals surface area (Å²) in [6, 6.07) is 20.2. The number of anilines is 1. The lowest BCUT2D eigenvalue weighted by Gasteiger charge is -2.20. The zero-order valence-electron chi connectivity index (χ0n) is 14.1. The fourth-order valence-corrected chi connectivity index (χ4v) is 2.92. The molecule has 3 rings (SSSR count). The molecule has 3 nitrogen and oxygen atoms in total. The van der Waals surface area contributed by atoms with E-state index in [4.69, 9.17) is 0 Å². The van der Waals surface area contributed by atoms with Gasteiger partial charge in [-0.1, -0.05) is 48.0 Å². The average molecular weight is 318 g/mol. The first kappa shape index (κ1) is 16.1. The van der Waals surface area contributed by atoms with Crippen molar-refractivity contribution in [2.24, 2.45) is 0 Å². The molecule has 0 aliphatic heterocycles. The van der Waals surface area contributed by atoms with Crippen molar-refractivity contribution in [3.63, 3.8) is 0 Å². The predicted molar refractivity (Wildman–Crippen MR) is 98.2 cm³/mol. The number of amides is 1. The van der Waals surface area contributed by atoms with Gasteiger partial charge in [-0.25, -0.2) is 0 Å². The van der Waals surface area contributed by atoms with Gasteiger partial charge in [0.1, 0.15) is 0 Å². The van der Waals surface area contributed by atoms with E-state index in [1.165, 1.54) is 5.56 Å². The zero-order valence-corrected chi connectivity index (χ0v) is 14.1. The summed E-state index contributed by atoms with van der Waals surface area (Å²) in [5.74, 6) is 0.0181. The van der Waals surface area contributed by atoms with Crippen LogP contribution in [0.1, 0.15) is 29.2 Å². The molecule has 122 valence electrons. The van der Waals surface area contributed by atoms with Crippen LogP contribution in [0.15, 0.2) is 73.1 Å². The van der Waals surface area contributed by atoms with E-state index >= 15 is 0 Å². The quantitative estimate of drug-likeness (QED) is 0.725. The summed E-state index contributed by atoms with van der Waals surface area (Å²) in [5, 5.41) is 3.03. The molecule has 0 aliphatic rings. The maximum atomic E-state index is 12.6. The number of carbonyl (C=O) groups is 1. The van der Waals surface area contributed by atoms with Gasteiger partial charge in [0.25, 0.3) is 0 Å². The maximum absolute atomic E-state index is 12.6. The van der Waals surface area contributed by atoms with Crippen LogP contribution in [0, 0.1) is 13.8 Å². The number of nitrogens with zero attached hydrogens (tertiary/aromatic N) is 1. The summed E-state index contributed by atoms with van der Waals surface area (Å²) < 4.78 is 2.09. The van der Waals surface area contributed by atoms with Gasteiger partial charge in [0.15, 0.2) is 0 Å². The third kappa shape index (κ3) is 3.74. The predicted octanol–water partition coefficient (Wildman–Crippen LogP) is 4.72. The molecule has 1 unspecified atom stereocenters. The van der Waals surface area contributed by atoms with Crippen molar-refractivity contribution >= 4 is 11.6 Å². The van der Waals surface area contributed by atoms with Crippen molar-refractivity contribution in [3.8, 4) is 0 Å². The molecule has 0 radical (unpaired) electrons. The van der Waals surface area contributed by atoms with Gasteiger partial charge in [0.2, 0.25) is 5.91 Å². The lowest BCUT2D eigenvalue weighted by Crippen LogP contribution is -2.20. The van der Waals surface area contributed by atoms with Crippen LogP contribution < -0.4 is 5.32 Å². The number of hydrogen-bond acceptors (Lipinski definition) is 1. The minimum atomic E-state index is -0.0103. The van der Waals surface area contributed by atoms with E-state index in [1.807, 2.05) is 61.8 Å². The van der Waals surface area contributed by atoms with Gasteiger partial charge in [-0.05, 0) is 43.2 Å². The van der Waals surface area contributed by atoms with Crippen LogP contribution in [0.5, 0.6) is 0 Å². The van der Waals surface area contributed by atoms with E-state index in [9.17, 15) is 4.79 Å². The highest BCUT2D eigenvalue weighted by atomic mass is 16.1. The van der Waals surface area contributed by atoms with Crippen LogP contribution in [0.2, 0.25) is 0 Å². The maximum Gasteiger partial charge on any atom is 0.226 e. The van der Waals surface area contributed by atoms with Gasteiger partial charge in [0.05, 0.1) is 12.5 Å². The summed E-state index contributed by atoms with van der Waals surface area (Å²) in [6.07, 6.45) is 4.41. The Labute approximate surface area is 143 Å². The first-order valence-electron chi connectivity index (χ1n) is 8.18. The summed E-state index contributed by atoms with van der Waals surface area (Å²) in [4.78, 5) is 12.6. The number of hydrogen-bond donors (Lipinski definition) is 1. The van der Waals surface area contributed by atoms with Crippen LogP contribution in [0.4, 0.5) is 5.69 Å². The van der Waals surface area contributed by atoms with E-state index in [0.29, 0.717) is 6.42 Å². The van der Waals surface area contributed by atoms with Crippen LogP contribution in [0.25, 0.3) is 0 Å². The second kappa shape index (κ2) is 7.18. The first-order chi connectivity index (χ1) is 11.6. The molecular formula is C21H22N2O. The second-order valence-corrected chi connectivity index (χ2v) is 6.13. The van der Waals surface area contributed by atoms with Crippen LogP contribution in [-0.4, -0.2) is 10.5 Å². The minimum Gasteiger partial charge on any atom is -0.346 e. The van der Waals surface area contributed by atoms with E-state index in [0.717, 1.165) is 16.8 Å². The molecule has 0 bridgehead atoms. The Bertz CT molecular complexity index is 821. The fraction of sp³-hybridized carbons (Fsp3) is 0.190. The third-order valence-corrected chi connectivity index (χ3v) is 4.21. The van der Waals surface area contributed by atoms with Crippen molar-refractivity contribution in [1.82, 2.24) is 4.57 Å². The summed E-state index contributed by atoms with van der Waals surface area (Å²) in [6.45, 7) is 4.07. The molecule has 1 atom stereocenters. The lowest BCUT2D eigenvalue weighted by molar-refractivity contribution is -0.116. The summed E-state index contributed by atoms with van der Waals surface area (Å²) in [5.41, 5.74) is 4.28. The van der Waals surface area contributed by atoms with Gasteiger partial charge in [0, 0.05) is 18.1 Å². The molecule has 2 aromatic carbocycles. The number of para-hydroxylation sites is 1. The number of aryl methyl sites for hydroxylation is 2. The van der Waals surface area contributed by atoms with Crippen molar-refractivity contribution in [3.05, 3.63) is 89.7 Å². The Balaban J connectivity index is 1.82. The Kier molecular flexibility index (Phi) is 4.80. The molecule has 1 aromatic heterocycles. The summed E-state index contributed by atoms with van der Waals surface area (Å²) in [7, 11) is 0. The van der Waals surface area contributed by atoms with Gasteiger partial charge in [-0.15, -0.1) is 0 Å². The highest BCUT2D eigenvalue weighted by Gasteiger charge is 2.18. The standard InChI is InChI=1S/C21H22N2O/c1-16-8-7-10-18(14-16)20(23-12-5-6-13-23)15-21(24)22-19-11-4-3-9-17(19)2/h3-14,20H,15H2,1-2H3,(H,22,24). The molecular weight excluding hydrogens is 296 g/mol. The van der Waals surface area contributed by atoms with Crippen molar-refractivity contribution in [2.75, 3.05) is 5.32 Å². The minimum absolute atomic E-state index is 0.0103. The Morgan fingerprint density at radius 2 is 1.75 bits per heavy atom. The Hall–Kier alpha value is -2.81. The topological polar surface area (TPSA) is 34.0 Å². The summed E-state index contributed by atoms with van der Waals surface area (Å²) >= 11 is 0. The van der Waals surface area contributed by atoms with Crippen LogP contribution >= 0.6 is 0 Å². The first-order valence-corrected chi connectivity index (χ1v) is 8.18. The lowest BCUT2D eigenvalue weighted by atomic mass is 10.0. The molecule has 1 N–H and O–H groups in total. The Morgan fingerprint density at radius 3 is 2.46 bits per heavy atom. The third-order valence-electron chi connectivity index (χ3n) is 4.21. The number of benzene rings is 2. The molecule has 0 fully saturated rings. The smallest absolute Gasteiger partial charge is 0.226 e. The average Bonchev–Trinajstić information content (AvgIpc) is 3.09. The van der Waals surface area contributed by atoms with Crippen molar-refractivity contribution in [2.45, 2.75) is 26.3 Å². The molecule has 0 spiro atoms. The van der Waals surface area contributed by atoms with Crippen molar-refractivity contribution < 1.29 is 4.79 Å². The van der Waals surface area contributed by atoms with Gasteiger partial charge >= 0.3 is 0 Å². The molecule has 0 saturated heterocycles. The monoisotopic (exact) mass is 318 g/mol. The van der Waals surface area contributed by atoms with Crippen molar-refractivity contribution in [1.29, 1.82) is 0 Å². The molecule has 0 saturated carbocycles. The molecule has 3 heteroatoms. The largest absolute Gasteiger partial charge is 0.346 e. The van der Waals surface area contributed by atoms with Gasteiger partial charge in [-0.3, -0.25) is 4.79 Å². The van der Waals surface area contributed by atoms with E-state index in [1.54, 1.807) is 0 Å². The molecule has 0 aliphatic carbocycles. The van der Waals surface area contributed by atoms with Crippen LogP contribution in [0.3, 0.4) is 0 Å². The number of carbonyl (C=O) groups excluding carboxylic acids is 1. The molecule has 1 amide bonds. The van der Waals surface area contributed by atoms with E-state index < -0.39 is 0 Å². The second-order valence-electron chi connectivity index (χ2n) is 6.13. The molecule has 1 heterocycles. The number of aromatic nitrogens is 1. The van der Waals surface area contributed by atoms with Gasteiger partial charge < -0.3 is 9.88 Å². The normalized spacial score (nSPS) is 11.9. The highest BCUT2D eigenvalue weighted by molar-refractivity contribution is 5.92. The molecule has 24 heavy (non-hydrogen) atoms. The van der Waals surface area contributed by atoms with Crippen LogP contribution in [-0.2, 0) is 4.79 Å². The zero-order chi connectivity index (χ0) is 16.9. The molecule has 3 aromatic rings. The SMILES string of the molecule is Cc1cccc(C(CC(=O)Nc2ccccc2C)n2cccc2)c1. The number of rotatable bonds is 5. The highest BCUT2D eigenvalue weighted by Crippen LogP contribution is 2.24.